The zero-order valence-corrected chi connectivity index (χ0v) is 16.9. The summed E-state index contributed by atoms with van der Waals surface area (Å²) in [5.74, 6) is -0.921. The molecule has 2 heterocycles. The Bertz CT molecular complexity index is 1140. The quantitative estimate of drug-likeness (QED) is 0.466. The summed E-state index contributed by atoms with van der Waals surface area (Å²) in [5, 5.41) is 7.65. The molecule has 0 aliphatic carbocycles. The highest BCUT2D eigenvalue weighted by molar-refractivity contribution is 6.30. The van der Waals surface area contributed by atoms with Crippen LogP contribution in [0.3, 0.4) is 0 Å². The maximum absolute atomic E-state index is 13.2. The second-order valence-electron chi connectivity index (χ2n) is 7.31. The van der Waals surface area contributed by atoms with E-state index in [0.717, 1.165) is 5.69 Å². The van der Waals surface area contributed by atoms with Crippen LogP contribution in [0, 0.1) is 0 Å². The SMILES string of the molecule is O=C(c1cc(C(F)(F)F)cc(C(F)(F)F)c1)N1CCc2[nH]nc(-c3ccc(Cl)cc3)c2C1. The van der Waals surface area contributed by atoms with Crippen LogP contribution in [0.25, 0.3) is 11.3 Å². The standard InChI is InChI=1S/C21H14ClF6N3O/c22-15-3-1-11(2-4-15)18-16-10-31(6-5-17(16)29-30-18)19(32)12-7-13(20(23,24)25)9-14(8-12)21(26,27)28/h1-4,7-9H,5-6,10H2,(H,29,30). The third kappa shape index (κ3) is 4.32. The van der Waals surface area contributed by atoms with Crippen LogP contribution in [0.5, 0.6) is 0 Å². The minimum atomic E-state index is -5.03. The van der Waals surface area contributed by atoms with E-state index in [1.165, 1.54) is 4.90 Å². The Morgan fingerprint density at radius 1 is 0.969 bits per heavy atom. The number of aromatic amines is 1. The number of H-pyrrole nitrogens is 1. The van der Waals surface area contributed by atoms with Gasteiger partial charge >= 0.3 is 12.4 Å². The maximum Gasteiger partial charge on any atom is 0.416 e. The van der Waals surface area contributed by atoms with Gasteiger partial charge < -0.3 is 4.90 Å². The lowest BCUT2D eigenvalue weighted by molar-refractivity contribution is -0.143. The van der Waals surface area contributed by atoms with Crippen LogP contribution in [-0.4, -0.2) is 27.5 Å². The smallest absolute Gasteiger partial charge is 0.334 e. The van der Waals surface area contributed by atoms with E-state index < -0.39 is 35.0 Å². The largest absolute Gasteiger partial charge is 0.416 e. The Morgan fingerprint density at radius 3 is 2.12 bits per heavy atom. The van der Waals surface area contributed by atoms with Gasteiger partial charge in [-0.3, -0.25) is 9.89 Å². The number of fused-ring (bicyclic) bond motifs is 1. The first-order valence-electron chi connectivity index (χ1n) is 9.34. The molecule has 0 saturated carbocycles. The van der Waals surface area contributed by atoms with Gasteiger partial charge in [0.05, 0.1) is 16.8 Å². The number of hydrogen-bond donors (Lipinski definition) is 1. The Hall–Kier alpha value is -3.01. The van der Waals surface area contributed by atoms with E-state index in [9.17, 15) is 31.1 Å². The molecular formula is C21H14ClF6N3O. The van der Waals surface area contributed by atoms with Crippen LogP contribution >= 0.6 is 11.6 Å². The van der Waals surface area contributed by atoms with Crippen LogP contribution in [0.15, 0.2) is 42.5 Å². The molecule has 0 unspecified atom stereocenters. The number of nitrogens with zero attached hydrogens (tertiary/aromatic N) is 2. The van der Waals surface area contributed by atoms with Crippen molar-refractivity contribution in [3.8, 4) is 11.3 Å². The Labute approximate surface area is 182 Å². The number of halogens is 7. The number of amides is 1. The van der Waals surface area contributed by atoms with Crippen molar-refractivity contribution in [2.45, 2.75) is 25.3 Å². The average molecular weight is 474 g/mol. The van der Waals surface area contributed by atoms with E-state index in [2.05, 4.69) is 10.2 Å². The molecule has 168 valence electrons. The average Bonchev–Trinajstić information content (AvgIpc) is 3.15. The van der Waals surface area contributed by atoms with Crippen molar-refractivity contribution >= 4 is 17.5 Å². The van der Waals surface area contributed by atoms with Gasteiger partial charge in [-0.25, -0.2) is 0 Å². The predicted molar refractivity (Wildman–Crippen MR) is 104 cm³/mol. The highest BCUT2D eigenvalue weighted by atomic mass is 35.5. The fraction of sp³-hybridized carbons (Fsp3) is 0.238. The van der Waals surface area contributed by atoms with Gasteiger partial charge in [0.25, 0.3) is 5.91 Å². The summed E-state index contributed by atoms with van der Waals surface area (Å²) in [5.41, 5.74) is -1.09. The van der Waals surface area contributed by atoms with E-state index in [0.29, 0.717) is 40.4 Å². The van der Waals surface area contributed by atoms with Crippen molar-refractivity contribution in [2.24, 2.45) is 0 Å². The Balaban J connectivity index is 1.68. The molecule has 2 aromatic carbocycles. The molecule has 1 amide bonds. The van der Waals surface area contributed by atoms with Crippen molar-refractivity contribution in [3.05, 3.63) is 75.4 Å². The van der Waals surface area contributed by atoms with Crippen LogP contribution in [-0.2, 0) is 25.3 Å². The summed E-state index contributed by atoms with van der Waals surface area (Å²) in [4.78, 5) is 14.1. The highest BCUT2D eigenvalue weighted by Gasteiger charge is 2.38. The van der Waals surface area contributed by atoms with Crippen molar-refractivity contribution in [1.29, 1.82) is 0 Å². The van der Waals surface area contributed by atoms with E-state index in [1.807, 2.05) is 0 Å². The Morgan fingerprint density at radius 2 is 1.56 bits per heavy atom. The molecular weight excluding hydrogens is 460 g/mol. The number of aromatic nitrogens is 2. The molecule has 11 heteroatoms. The minimum absolute atomic E-state index is 0.000195. The van der Waals surface area contributed by atoms with Gasteiger partial charge in [-0.2, -0.15) is 31.4 Å². The summed E-state index contributed by atoms with van der Waals surface area (Å²) < 4.78 is 78.9. The molecule has 0 spiro atoms. The molecule has 3 aromatic rings. The molecule has 32 heavy (non-hydrogen) atoms. The van der Waals surface area contributed by atoms with E-state index in [1.54, 1.807) is 24.3 Å². The molecule has 0 saturated heterocycles. The molecule has 1 aromatic heterocycles. The first-order chi connectivity index (χ1) is 14.9. The monoisotopic (exact) mass is 473 g/mol. The molecule has 0 bridgehead atoms. The van der Waals surface area contributed by atoms with E-state index in [-0.39, 0.29) is 19.2 Å². The zero-order chi connectivity index (χ0) is 23.3. The summed E-state index contributed by atoms with van der Waals surface area (Å²) >= 11 is 5.90. The molecule has 1 aliphatic rings. The first-order valence-corrected chi connectivity index (χ1v) is 9.72. The third-order valence-electron chi connectivity index (χ3n) is 5.17. The second-order valence-corrected chi connectivity index (χ2v) is 7.74. The lowest BCUT2D eigenvalue weighted by atomic mass is 9.99. The summed E-state index contributed by atoms with van der Waals surface area (Å²) in [6.45, 7) is 0.103. The molecule has 1 aliphatic heterocycles. The fourth-order valence-corrected chi connectivity index (χ4v) is 3.70. The summed E-state index contributed by atoms with van der Waals surface area (Å²) in [6.07, 6.45) is -9.73. The van der Waals surface area contributed by atoms with Gasteiger partial charge in [0.2, 0.25) is 0 Å². The fourth-order valence-electron chi connectivity index (χ4n) is 3.58. The van der Waals surface area contributed by atoms with Crippen LogP contribution < -0.4 is 0 Å². The summed E-state index contributed by atoms with van der Waals surface area (Å²) in [6, 6.07) is 7.66. The number of hydrogen-bond acceptors (Lipinski definition) is 2. The molecule has 4 rings (SSSR count). The zero-order valence-electron chi connectivity index (χ0n) is 16.1. The van der Waals surface area contributed by atoms with Gasteiger partial charge in [0.15, 0.2) is 0 Å². The van der Waals surface area contributed by atoms with Crippen molar-refractivity contribution in [2.75, 3.05) is 6.54 Å². The number of carbonyl (C=O) groups is 1. The van der Waals surface area contributed by atoms with Gasteiger partial charge in [0, 0.05) is 46.9 Å². The van der Waals surface area contributed by atoms with Crippen LogP contribution in [0.2, 0.25) is 5.02 Å². The maximum atomic E-state index is 13.2. The topological polar surface area (TPSA) is 49.0 Å². The first kappa shape index (κ1) is 22.2. The number of carbonyl (C=O) groups excluding carboxylic acids is 1. The Kier molecular flexibility index (Phi) is 5.44. The lowest BCUT2D eigenvalue weighted by Gasteiger charge is -2.28. The minimum Gasteiger partial charge on any atom is -0.334 e. The van der Waals surface area contributed by atoms with Gasteiger partial charge in [-0.1, -0.05) is 23.7 Å². The number of nitrogens with one attached hydrogen (secondary N) is 1. The van der Waals surface area contributed by atoms with Crippen molar-refractivity contribution in [1.82, 2.24) is 15.1 Å². The molecule has 0 radical (unpaired) electrons. The van der Waals surface area contributed by atoms with Crippen LogP contribution in [0.4, 0.5) is 26.3 Å². The normalized spacial score (nSPS) is 14.4. The van der Waals surface area contributed by atoms with E-state index >= 15 is 0 Å². The number of alkyl halides is 6. The highest BCUT2D eigenvalue weighted by Crippen LogP contribution is 2.37. The van der Waals surface area contributed by atoms with Gasteiger partial charge in [-0.05, 0) is 30.3 Å². The van der Waals surface area contributed by atoms with Gasteiger partial charge in [-0.15, -0.1) is 0 Å². The molecule has 0 atom stereocenters. The van der Waals surface area contributed by atoms with Crippen LogP contribution in [0.1, 0.15) is 32.7 Å². The number of benzene rings is 2. The second kappa shape index (κ2) is 7.84. The van der Waals surface area contributed by atoms with Gasteiger partial charge in [0.1, 0.15) is 0 Å². The number of rotatable bonds is 2. The van der Waals surface area contributed by atoms with Crippen molar-refractivity contribution in [3.63, 3.8) is 0 Å². The van der Waals surface area contributed by atoms with Crippen molar-refractivity contribution < 1.29 is 31.1 Å². The van der Waals surface area contributed by atoms with E-state index in [4.69, 9.17) is 11.6 Å². The molecule has 0 fully saturated rings. The predicted octanol–water partition coefficient (Wildman–Crippen LogP) is 5.97. The molecule has 4 nitrogen and oxygen atoms in total. The summed E-state index contributed by atoms with van der Waals surface area (Å²) in [7, 11) is 0. The lowest BCUT2D eigenvalue weighted by Crippen LogP contribution is -2.36. The molecule has 1 N–H and O–H groups in total. The third-order valence-corrected chi connectivity index (χ3v) is 5.42.